The standard InChI is InChI=1S/C29H33N3O4/c1-19(2)31(29(34)20-9-7-10-20)18-27(33)32-24-12-6-5-11-23(24)30-16-8-13-25(30)28(32)22-17-21(35-3)14-15-26(22)36-4/h5-6,8,11-17,19-20,28H,7,9-10,18H2,1-4H3. The minimum absolute atomic E-state index is 0.0187. The zero-order valence-corrected chi connectivity index (χ0v) is 21.3. The summed E-state index contributed by atoms with van der Waals surface area (Å²) < 4.78 is 13.4. The van der Waals surface area contributed by atoms with Crippen LogP contribution in [0.5, 0.6) is 11.5 Å². The third-order valence-electron chi connectivity index (χ3n) is 7.39. The Bertz CT molecular complexity index is 1280. The normalized spacial score (nSPS) is 16.7. The van der Waals surface area contributed by atoms with Crippen LogP contribution < -0.4 is 14.4 Å². The molecule has 1 atom stereocenters. The summed E-state index contributed by atoms with van der Waals surface area (Å²) in [5.41, 5.74) is 3.47. The molecule has 0 N–H and O–H groups in total. The van der Waals surface area contributed by atoms with E-state index in [1.165, 1.54) is 0 Å². The Morgan fingerprint density at radius 3 is 2.39 bits per heavy atom. The lowest BCUT2D eigenvalue weighted by atomic mass is 9.84. The summed E-state index contributed by atoms with van der Waals surface area (Å²) in [6.45, 7) is 3.97. The molecule has 5 rings (SSSR count). The molecule has 188 valence electrons. The molecule has 2 heterocycles. The summed E-state index contributed by atoms with van der Waals surface area (Å²) in [5.74, 6) is 1.32. The largest absolute Gasteiger partial charge is 0.497 e. The number of fused-ring (bicyclic) bond motifs is 3. The predicted molar refractivity (Wildman–Crippen MR) is 139 cm³/mol. The first-order valence-electron chi connectivity index (χ1n) is 12.6. The molecule has 36 heavy (non-hydrogen) atoms. The van der Waals surface area contributed by atoms with E-state index in [-0.39, 0.29) is 30.3 Å². The van der Waals surface area contributed by atoms with Crippen molar-refractivity contribution in [1.29, 1.82) is 0 Å². The molecule has 2 aromatic carbocycles. The highest BCUT2D eigenvalue weighted by atomic mass is 16.5. The van der Waals surface area contributed by atoms with Gasteiger partial charge in [-0.15, -0.1) is 0 Å². The van der Waals surface area contributed by atoms with Gasteiger partial charge in [-0.3, -0.25) is 14.5 Å². The maximum Gasteiger partial charge on any atom is 0.247 e. The van der Waals surface area contributed by atoms with Gasteiger partial charge in [-0.25, -0.2) is 0 Å². The molecule has 1 aromatic heterocycles. The second kappa shape index (κ2) is 9.72. The van der Waals surface area contributed by atoms with Crippen LogP contribution in [0.2, 0.25) is 0 Å². The van der Waals surface area contributed by atoms with Crippen LogP contribution in [0.1, 0.15) is 50.4 Å². The molecule has 1 unspecified atom stereocenters. The Hall–Kier alpha value is -3.74. The zero-order valence-electron chi connectivity index (χ0n) is 21.3. The highest BCUT2D eigenvalue weighted by molar-refractivity contribution is 6.00. The lowest BCUT2D eigenvalue weighted by molar-refractivity contribution is -0.143. The van der Waals surface area contributed by atoms with Crippen molar-refractivity contribution in [1.82, 2.24) is 9.47 Å². The molecule has 1 fully saturated rings. The van der Waals surface area contributed by atoms with Gasteiger partial charge in [0.25, 0.3) is 0 Å². The van der Waals surface area contributed by atoms with E-state index < -0.39 is 6.04 Å². The summed E-state index contributed by atoms with van der Waals surface area (Å²) in [5, 5.41) is 0. The average molecular weight is 488 g/mol. The number of amides is 2. The highest BCUT2D eigenvalue weighted by Gasteiger charge is 2.40. The topological polar surface area (TPSA) is 64.0 Å². The number of rotatable bonds is 7. The third-order valence-corrected chi connectivity index (χ3v) is 7.39. The van der Waals surface area contributed by atoms with Crippen LogP contribution in [0, 0.1) is 5.92 Å². The molecule has 7 nitrogen and oxygen atoms in total. The van der Waals surface area contributed by atoms with Crippen molar-refractivity contribution in [2.24, 2.45) is 5.92 Å². The number of para-hydroxylation sites is 2. The van der Waals surface area contributed by atoms with Crippen LogP contribution in [0.3, 0.4) is 0 Å². The van der Waals surface area contributed by atoms with Gasteiger partial charge in [0.1, 0.15) is 24.1 Å². The van der Waals surface area contributed by atoms with Gasteiger partial charge < -0.3 is 18.9 Å². The first-order valence-corrected chi connectivity index (χ1v) is 12.6. The number of aromatic nitrogens is 1. The lowest BCUT2D eigenvalue weighted by Crippen LogP contribution is -2.50. The number of anilines is 1. The minimum Gasteiger partial charge on any atom is -0.497 e. The first-order chi connectivity index (χ1) is 17.4. The van der Waals surface area contributed by atoms with E-state index in [1.54, 1.807) is 19.1 Å². The van der Waals surface area contributed by atoms with E-state index in [0.717, 1.165) is 41.9 Å². The summed E-state index contributed by atoms with van der Waals surface area (Å²) in [7, 11) is 3.25. The zero-order chi connectivity index (χ0) is 25.4. The number of methoxy groups -OCH3 is 2. The van der Waals surface area contributed by atoms with Gasteiger partial charge in [0.2, 0.25) is 11.8 Å². The van der Waals surface area contributed by atoms with Crippen molar-refractivity contribution in [3.63, 3.8) is 0 Å². The maximum atomic E-state index is 14.2. The average Bonchev–Trinajstić information content (AvgIpc) is 3.34. The molecule has 7 heteroatoms. The Morgan fingerprint density at radius 1 is 1.00 bits per heavy atom. The fourth-order valence-corrected chi connectivity index (χ4v) is 5.24. The lowest BCUT2D eigenvalue weighted by Gasteiger charge is -2.41. The van der Waals surface area contributed by atoms with Crippen molar-refractivity contribution in [3.05, 3.63) is 72.1 Å². The smallest absolute Gasteiger partial charge is 0.247 e. The van der Waals surface area contributed by atoms with Crippen molar-refractivity contribution < 1.29 is 19.1 Å². The molecule has 0 radical (unpaired) electrons. The van der Waals surface area contributed by atoms with E-state index in [4.69, 9.17) is 9.47 Å². The number of carbonyl (C=O) groups is 2. The molecule has 0 bridgehead atoms. The maximum absolute atomic E-state index is 14.2. The van der Waals surface area contributed by atoms with Gasteiger partial charge in [-0.2, -0.15) is 0 Å². The Labute approximate surface area is 212 Å². The first kappa shape index (κ1) is 24.0. The van der Waals surface area contributed by atoms with E-state index in [0.29, 0.717) is 11.5 Å². The van der Waals surface area contributed by atoms with Crippen LogP contribution in [-0.2, 0) is 9.59 Å². The SMILES string of the molecule is COc1ccc(OC)c(C2c3cccn3-c3ccccc3N2C(=O)CN(C(=O)C2CCC2)C(C)C)c1. The van der Waals surface area contributed by atoms with Gasteiger partial charge in [-0.1, -0.05) is 18.6 Å². The van der Waals surface area contributed by atoms with Crippen LogP contribution in [-0.4, -0.2) is 48.1 Å². The molecule has 1 saturated carbocycles. The Morgan fingerprint density at radius 2 is 1.75 bits per heavy atom. The molecule has 3 aromatic rings. The third kappa shape index (κ3) is 4.02. The van der Waals surface area contributed by atoms with E-state index in [9.17, 15) is 9.59 Å². The summed E-state index contributed by atoms with van der Waals surface area (Å²) in [6.07, 6.45) is 4.89. The number of hydrogen-bond donors (Lipinski definition) is 0. The van der Waals surface area contributed by atoms with Crippen molar-refractivity contribution >= 4 is 17.5 Å². The van der Waals surface area contributed by atoms with Gasteiger partial charge >= 0.3 is 0 Å². The molecule has 0 spiro atoms. The van der Waals surface area contributed by atoms with Gasteiger partial charge in [0, 0.05) is 23.7 Å². The fraction of sp³-hybridized carbons (Fsp3) is 0.379. The predicted octanol–water partition coefficient (Wildman–Crippen LogP) is 4.97. The van der Waals surface area contributed by atoms with Crippen molar-refractivity contribution in [2.75, 3.05) is 25.7 Å². The Kier molecular flexibility index (Phi) is 6.48. The molecule has 2 amide bonds. The van der Waals surface area contributed by atoms with Crippen LogP contribution in [0.15, 0.2) is 60.8 Å². The number of hydrogen-bond acceptors (Lipinski definition) is 4. The monoisotopic (exact) mass is 487 g/mol. The van der Waals surface area contributed by atoms with E-state index >= 15 is 0 Å². The van der Waals surface area contributed by atoms with E-state index in [2.05, 4.69) is 4.57 Å². The number of ether oxygens (including phenoxy) is 2. The molecule has 0 saturated heterocycles. The second-order valence-corrected chi connectivity index (χ2v) is 9.75. The van der Waals surface area contributed by atoms with Crippen LogP contribution >= 0.6 is 0 Å². The Balaban J connectivity index is 1.63. The number of carbonyl (C=O) groups excluding carboxylic acids is 2. The summed E-state index contributed by atoms with van der Waals surface area (Å²) >= 11 is 0. The number of benzene rings is 2. The second-order valence-electron chi connectivity index (χ2n) is 9.75. The van der Waals surface area contributed by atoms with Gasteiger partial charge in [-0.05, 0) is 69.2 Å². The number of nitrogens with zero attached hydrogens (tertiary/aromatic N) is 3. The molecule has 2 aliphatic rings. The van der Waals surface area contributed by atoms with Gasteiger partial charge in [0.05, 0.1) is 31.3 Å². The quantitative estimate of drug-likeness (QED) is 0.472. The summed E-state index contributed by atoms with van der Waals surface area (Å²) in [4.78, 5) is 31.0. The highest BCUT2D eigenvalue weighted by Crippen LogP contribution is 2.45. The fourth-order valence-electron chi connectivity index (χ4n) is 5.24. The van der Waals surface area contributed by atoms with Crippen LogP contribution in [0.4, 0.5) is 5.69 Å². The molecular weight excluding hydrogens is 454 g/mol. The molecule has 1 aliphatic carbocycles. The van der Waals surface area contributed by atoms with Gasteiger partial charge in [0.15, 0.2) is 0 Å². The van der Waals surface area contributed by atoms with Crippen LogP contribution in [0.25, 0.3) is 5.69 Å². The van der Waals surface area contributed by atoms with Crippen molar-refractivity contribution in [2.45, 2.75) is 45.2 Å². The minimum atomic E-state index is -0.458. The van der Waals surface area contributed by atoms with E-state index in [1.807, 2.05) is 79.5 Å². The molecule has 1 aliphatic heterocycles. The summed E-state index contributed by atoms with van der Waals surface area (Å²) in [6, 6.07) is 17.0. The van der Waals surface area contributed by atoms with Crippen molar-refractivity contribution in [3.8, 4) is 17.2 Å². The molecular formula is C29H33N3O4.